The largest absolute Gasteiger partial charge is 0.454 e. The molecule has 0 aliphatic heterocycles. The lowest BCUT2D eigenvalue weighted by molar-refractivity contribution is 0.0462. The van der Waals surface area contributed by atoms with Gasteiger partial charge in [-0.15, -0.1) is 11.3 Å². The molecule has 0 fully saturated rings. The predicted octanol–water partition coefficient (Wildman–Crippen LogP) is 4.08. The van der Waals surface area contributed by atoms with Crippen molar-refractivity contribution in [2.75, 3.05) is 5.32 Å². The molecule has 3 aromatic rings. The molecule has 0 spiro atoms. The van der Waals surface area contributed by atoms with Crippen molar-refractivity contribution in [1.82, 2.24) is 9.97 Å². The summed E-state index contributed by atoms with van der Waals surface area (Å²) in [5, 5.41) is 5.77. The van der Waals surface area contributed by atoms with E-state index in [1.165, 1.54) is 36.1 Å². The number of Topliss-reactive ketones (excluding diaryl/α,β-unsaturated/α-hetero) is 1. The average molecular weight is 355 g/mol. The zero-order chi connectivity index (χ0) is 17.8. The summed E-state index contributed by atoms with van der Waals surface area (Å²) in [6, 6.07) is 9.48. The number of esters is 1. The summed E-state index contributed by atoms with van der Waals surface area (Å²) in [4.78, 5) is 30.4. The van der Waals surface area contributed by atoms with Crippen molar-refractivity contribution in [3.8, 4) is 0 Å². The van der Waals surface area contributed by atoms with Crippen molar-refractivity contribution >= 4 is 33.9 Å². The molecule has 2 N–H and O–H groups in total. The van der Waals surface area contributed by atoms with Crippen LogP contribution in [0.2, 0.25) is 0 Å². The monoisotopic (exact) mass is 355 g/mol. The van der Waals surface area contributed by atoms with E-state index in [1.807, 2.05) is 36.6 Å². The second-order valence-corrected chi connectivity index (χ2v) is 6.43. The molecular formula is C18H17N3O3S. The number of H-pyrrole nitrogens is 1. The van der Waals surface area contributed by atoms with Gasteiger partial charge in [0, 0.05) is 22.8 Å². The minimum absolute atomic E-state index is 0.0688. The molecule has 6 nitrogen and oxygen atoms in total. The maximum absolute atomic E-state index is 12.0. The first-order valence-corrected chi connectivity index (χ1v) is 8.54. The van der Waals surface area contributed by atoms with E-state index in [2.05, 4.69) is 15.3 Å². The van der Waals surface area contributed by atoms with Gasteiger partial charge in [0.05, 0.1) is 5.69 Å². The Morgan fingerprint density at radius 1 is 1.28 bits per heavy atom. The normalized spacial score (nSPS) is 10.5. The molecule has 0 bridgehead atoms. The van der Waals surface area contributed by atoms with E-state index in [1.54, 1.807) is 0 Å². The molecule has 0 atom stereocenters. The minimum atomic E-state index is -0.520. The Bertz CT molecular complexity index is 896. The summed E-state index contributed by atoms with van der Waals surface area (Å²) >= 11 is 1.44. The minimum Gasteiger partial charge on any atom is -0.454 e. The lowest BCUT2D eigenvalue weighted by atomic mass is 10.2. The number of rotatable bonds is 6. The van der Waals surface area contributed by atoms with Gasteiger partial charge in [0.25, 0.3) is 0 Å². The van der Waals surface area contributed by atoms with E-state index in [0.29, 0.717) is 11.3 Å². The van der Waals surface area contributed by atoms with Crippen molar-refractivity contribution in [3.63, 3.8) is 0 Å². The number of aromatic amines is 1. The number of hydrogen-bond donors (Lipinski definition) is 2. The summed E-state index contributed by atoms with van der Waals surface area (Å²) in [6.45, 7) is 3.54. The van der Waals surface area contributed by atoms with Gasteiger partial charge in [-0.3, -0.25) is 4.79 Å². The lowest BCUT2D eigenvalue weighted by Gasteiger charge is -2.03. The zero-order valence-corrected chi connectivity index (χ0v) is 14.6. The van der Waals surface area contributed by atoms with Gasteiger partial charge >= 0.3 is 5.97 Å². The number of aryl methyl sites for hydroxylation is 1. The van der Waals surface area contributed by atoms with Crippen LogP contribution in [0.25, 0.3) is 0 Å². The van der Waals surface area contributed by atoms with Crippen LogP contribution < -0.4 is 5.32 Å². The van der Waals surface area contributed by atoms with E-state index >= 15 is 0 Å². The molecule has 0 amide bonds. The van der Waals surface area contributed by atoms with Crippen LogP contribution in [-0.4, -0.2) is 21.7 Å². The molecule has 7 heteroatoms. The number of thiazole rings is 1. The first kappa shape index (κ1) is 16.9. The van der Waals surface area contributed by atoms with E-state index in [9.17, 15) is 9.59 Å². The summed E-state index contributed by atoms with van der Waals surface area (Å²) < 4.78 is 5.22. The molecule has 0 saturated carbocycles. The molecule has 25 heavy (non-hydrogen) atoms. The van der Waals surface area contributed by atoms with Crippen LogP contribution in [0.15, 0.2) is 41.9 Å². The summed E-state index contributed by atoms with van der Waals surface area (Å²) in [7, 11) is 0. The Kier molecular flexibility index (Phi) is 4.95. The van der Waals surface area contributed by atoms with Crippen LogP contribution in [0.4, 0.5) is 10.8 Å². The van der Waals surface area contributed by atoms with Crippen LogP contribution in [0.3, 0.4) is 0 Å². The summed E-state index contributed by atoms with van der Waals surface area (Å²) in [5.41, 5.74) is 3.50. The molecular weight excluding hydrogens is 338 g/mol. The standard InChI is InChI=1S/C18H17N3O3S/c1-11-3-5-14(6-4-11)20-18-21-15(10-25-18)9-24-17(23)16-7-13(8-19-16)12(2)22/h3-8,10,19H,9H2,1-2H3,(H,20,21). The summed E-state index contributed by atoms with van der Waals surface area (Å²) in [6.07, 6.45) is 1.49. The van der Waals surface area contributed by atoms with Crippen molar-refractivity contribution in [3.05, 3.63) is 64.4 Å². The highest BCUT2D eigenvalue weighted by molar-refractivity contribution is 7.13. The third-order valence-electron chi connectivity index (χ3n) is 3.52. The maximum atomic E-state index is 12.0. The van der Waals surface area contributed by atoms with E-state index < -0.39 is 5.97 Å². The molecule has 3 rings (SSSR count). The Balaban J connectivity index is 1.56. The highest BCUT2D eigenvalue weighted by Gasteiger charge is 2.13. The Labute approximate surface area is 148 Å². The van der Waals surface area contributed by atoms with Gasteiger partial charge in [-0.1, -0.05) is 17.7 Å². The summed E-state index contributed by atoms with van der Waals surface area (Å²) in [5.74, 6) is -0.629. The zero-order valence-electron chi connectivity index (χ0n) is 13.8. The first-order valence-electron chi connectivity index (χ1n) is 7.66. The second kappa shape index (κ2) is 7.31. The molecule has 2 aromatic heterocycles. The predicted molar refractivity (Wildman–Crippen MR) is 96.5 cm³/mol. The fourth-order valence-corrected chi connectivity index (χ4v) is 2.84. The highest BCUT2D eigenvalue weighted by atomic mass is 32.1. The lowest BCUT2D eigenvalue weighted by Crippen LogP contribution is -2.05. The van der Waals surface area contributed by atoms with Crippen LogP contribution >= 0.6 is 11.3 Å². The Morgan fingerprint density at radius 2 is 2.04 bits per heavy atom. The molecule has 0 aliphatic carbocycles. The van der Waals surface area contributed by atoms with Crippen molar-refractivity contribution in [1.29, 1.82) is 0 Å². The van der Waals surface area contributed by atoms with E-state index in [4.69, 9.17) is 4.74 Å². The van der Waals surface area contributed by atoms with Gasteiger partial charge in [-0.2, -0.15) is 0 Å². The van der Waals surface area contributed by atoms with Crippen LogP contribution in [0.5, 0.6) is 0 Å². The number of carbonyl (C=O) groups excluding carboxylic acids is 2. The van der Waals surface area contributed by atoms with Crippen molar-refractivity contribution in [2.45, 2.75) is 20.5 Å². The van der Waals surface area contributed by atoms with E-state index in [-0.39, 0.29) is 18.1 Å². The molecule has 128 valence electrons. The van der Waals surface area contributed by atoms with Crippen LogP contribution in [0, 0.1) is 6.92 Å². The third kappa shape index (κ3) is 4.33. The van der Waals surface area contributed by atoms with Gasteiger partial charge in [0.2, 0.25) is 0 Å². The van der Waals surface area contributed by atoms with Crippen LogP contribution in [-0.2, 0) is 11.3 Å². The Hall–Kier alpha value is -2.93. The Morgan fingerprint density at radius 3 is 2.72 bits per heavy atom. The number of ketones is 1. The molecule has 0 radical (unpaired) electrons. The number of ether oxygens (including phenoxy) is 1. The van der Waals surface area contributed by atoms with Gasteiger partial charge in [-0.25, -0.2) is 9.78 Å². The second-order valence-electron chi connectivity index (χ2n) is 5.57. The fourth-order valence-electron chi connectivity index (χ4n) is 2.12. The molecule has 0 saturated heterocycles. The number of anilines is 2. The highest BCUT2D eigenvalue weighted by Crippen LogP contribution is 2.21. The maximum Gasteiger partial charge on any atom is 0.355 e. The quantitative estimate of drug-likeness (QED) is 0.514. The van der Waals surface area contributed by atoms with Crippen molar-refractivity contribution in [2.24, 2.45) is 0 Å². The number of carbonyl (C=O) groups is 2. The van der Waals surface area contributed by atoms with Gasteiger partial charge in [-0.05, 0) is 32.0 Å². The topological polar surface area (TPSA) is 84.1 Å². The van der Waals surface area contributed by atoms with Crippen LogP contribution in [0.1, 0.15) is 39.0 Å². The fraction of sp³-hybridized carbons (Fsp3) is 0.167. The number of benzene rings is 1. The van der Waals surface area contributed by atoms with E-state index in [0.717, 1.165) is 10.8 Å². The smallest absolute Gasteiger partial charge is 0.355 e. The molecule has 0 aliphatic rings. The van der Waals surface area contributed by atoms with Crippen molar-refractivity contribution < 1.29 is 14.3 Å². The average Bonchev–Trinajstić information content (AvgIpc) is 3.24. The first-order chi connectivity index (χ1) is 12.0. The molecule has 1 aromatic carbocycles. The number of aromatic nitrogens is 2. The number of nitrogens with one attached hydrogen (secondary N) is 2. The van der Waals surface area contributed by atoms with Gasteiger partial charge in [0.15, 0.2) is 10.9 Å². The molecule has 2 heterocycles. The van der Waals surface area contributed by atoms with Gasteiger partial charge in [0.1, 0.15) is 12.3 Å². The SMILES string of the molecule is CC(=O)c1c[nH]c(C(=O)OCc2csc(Nc3ccc(C)cc3)n2)c1. The third-order valence-corrected chi connectivity index (χ3v) is 4.32. The number of hydrogen-bond acceptors (Lipinski definition) is 6. The molecule has 0 unspecified atom stereocenters. The number of nitrogens with zero attached hydrogens (tertiary/aromatic N) is 1. The van der Waals surface area contributed by atoms with Gasteiger partial charge < -0.3 is 15.0 Å².